The summed E-state index contributed by atoms with van der Waals surface area (Å²) in [4.78, 5) is 27.6. The monoisotopic (exact) mass is 380 g/mol. The zero-order valence-electron chi connectivity index (χ0n) is 15.9. The Bertz CT molecular complexity index is 890. The molecule has 6 nitrogen and oxygen atoms in total. The first-order chi connectivity index (χ1) is 13.7. The third-order valence-electron chi connectivity index (χ3n) is 5.34. The quantitative estimate of drug-likeness (QED) is 0.837. The molecule has 2 aromatic carbocycles. The molecule has 1 atom stereocenters. The summed E-state index contributed by atoms with van der Waals surface area (Å²) < 4.78 is 11.0. The van der Waals surface area contributed by atoms with Crippen molar-refractivity contribution in [3.05, 3.63) is 64.7 Å². The van der Waals surface area contributed by atoms with Crippen LogP contribution in [0.2, 0.25) is 0 Å². The summed E-state index contributed by atoms with van der Waals surface area (Å²) in [6.45, 7) is 2.20. The van der Waals surface area contributed by atoms with Crippen LogP contribution in [0.5, 0.6) is 5.75 Å². The molecule has 1 saturated heterocycles. The van der Waals surface area contributed by atoms with E-state index in [1.165, 1.54) is 0 Å². The molecule has 0 aliphatic carbocycles. The Kier molecular flexibility index (Phi) is 5.30. The van der Waals surface area contributed by atoms with Gasteiger partial charge in [0.1, 0.15) is 5.75 Å². The number of ether oxygens (including phenoxy) is 2. The molecule has 2 aromatic rings. The van der Waals surface area contributed by atoms with Gasteiger partial charge in [0.25, 0.3) is 11.8 Å². The van der Waals surface area contributed by atoms with Crippen molar-refractivity contribution in [1.29, 1.82) is 0 Å². The number of fused-ring (bicyclic) bond motifs is 1. The lowest BCUT2D eigenvalue weighted by Crippen LogP contribution is -2.33. The predicted octanol–water partition coefficient (Wildman–Crippen LogP) is 2.76. The Morgan fingerprint density at radius 2 is 2.11 bits per heavy atom. The molecule has 2 aliphatic heterocycles. The van der Waals surface area contributed by atoms with Crippen LogP contribution >= 0.6 is 0 Å². The lowest BCUT2D eigenvalue weighted by molar-refractivity contribution is 0.0544. The number of carbonyl (C=O) groups is 2. The fraction of sp³-hybridized carbons (Fsp3) is 0.364. The summed E-state index contributed by atoms with van der Waals surface area (Å²) >= 11 is 0. The predicted molar refractivity (Wildman–Crippen MR) is 104 cm³/mol. The zero-order chi connectivity index (χ0) is 19.5. The number of nitrogens with zero attached hydrogens (tertiary/aromatic N) is 1. The number of rotatable bonds is 6. The molecule has 146 valence electrons. The standard InChI is InChI=1S/C22H24N2O4/c1-27-19-10-3-2-6-15(19)12-23-21(25)18-9-4-7-16-13-24(22(26)20(16)18)14-17-8-5-11-28-17/h2-4,6-7,9-10,17H,5,8,11-14H2,1H3,(H,23,25). The molecule has 2 amide bonds. The van der Waals surface area contributed by atoms with Crippen molar-refractivity contribution in [2.45, 2.75) is 32.0 Å². The summed E-state index contributed by atoms with van der Waals surface area (Å²) in [7, 11) is 1.60. The van der Waals surface area contributed by atoms with Crippen molar-refractivity contribution >= 4 is 11.8 Å². The Balaban J connectivity index is 1.48. The lowest BCUT2D eigenvalue weighted by atomic mass is 10.0. The number of hydrogen-bond acceptors (Lipinski definition) is 4. The number of nitrogens with one attached hydrogen (secondary N) is 1. The van der Waals surface area contributed by atoms with Gasteiger partial charge in [-0.2, -0.15) is 0 Å². The maximum absolute atomic E-state index is 13.0. The third kappa shape index (κ3) is 3.60. The Morgan fingerprint density at radius 1 is 1.25 bits per heavy atom. The molecule has 28 heavy (non-hydrogen) atoms. The summed E-state index contributed by atoms with van der Waals surface area (Å²) in [5.41, 5.74) is 2.72. The van der Waals surface area contributed by atoms with E-state index in [-0.39, 0.29) is 17.9 Å². The first kappa shape index (κ1) is 18.5. The normalized spacial score (nSPS) is 18.2. The van der Waals surface area contributed by atoms with E-state index in [1.807, 2.05) is 36.4 Å². The van der Waals surface area contributed by atoms with Crippen molar-refractivity contribution in [3.8, 4) is 5.75 Å². The van der Waals surface area contributed by atoms with Gasteiger partial charge in [-0.1, -0.05) is 30.3 Å². The Labute approximate surface area is 164 Å². The first-order valence-electron chi connectivity index (χ1n) is 9.60. The topological polar surface area (TPSA) is 67.9 Å². The smallest absolute Gasteiger partial charge is 0.255 e. The lowest BCUT2D eigenvalue weighted by Gasteiger charge is -2.19. The number of benzene rings is 2. The molecule has 0 radical (unpaired) electrons. The average Bonchev–Trinajstić information content (AvgIpc) is 3.34. The van der Waals surface area contributed by atoms with E-state index in [1.54, 1.807) is 18.1 Å². The van der Waals surface area contributed by atoms with Gasteiger partial charge in [0.15, 0.2) is 0 Å². The van der Waals surface area contributed by atoms with Gasteiger partial charge in [-0.25, -0.2) is 0 Å². The Hall–Kier alpha value is -2.86. The van der Waals surface area contributed by atoms with Crippen LogP contribution in [0.15, 0.2) is 42.5 Å². The van der Waals surface area contributed by atoms with Crippen LogP contribution in [-0.2, 0) is 17.8 Å². The molecule has 1 fully saturated rings. The third-order valence-corrected chi connectivity index (χ3v) is 5.34. The summed E-state index contributed by atoms with van der Waals surface area (Å²) in [5.74, 6) is 0.378. The first-order valence-corrected chi connectivity index (χ1v) is 9.60. The van der Waals surface area contributed by atoms with E-state index in [0.717, 1.165) is 36.3 Å². The number of hydrogen-bond donors (Lipinski definition) is 1. The van der Waals surface area contributed by atoms with Crippen LogP contribution in [0.1, 0.15) is 44.7 Å². The molecule has 0 bridgehead atoms. The second-order valence-corrected chi connectivity index (χ2v) is 7.15. The van der Waals surface area contributed by atoms with Crippen molar-refractivity contribution in [1.82, 2.24) is 10.2 Å². The summed E-state index contributed by atoms with van der Waals surface area (Å²) in [5, 5.41) is 2.91. The van der Waals surface area contributed by atoms with E-state index in [2.05, 4.69) is 5.32 Å². The van der Waals surface area contributed by atoms with Crippen LogP contribution in [0.25, 0.3) is 0 Å². The van der Waals surface area contributed by atoms with E-state index in [9.17, 15) is 9.59 Å². The van der Waals surface area contributed by atoms with E-state index < -0.39 is 0 Å². The minimum Gasteiger partial charge on any atom is -0.496 e. The van der Waals surface area contributed by atoms with Crippen LogP contribution in [0, 0.1) is 0 Å². The van der Waals surface area contributed by atoms with Gasteiger partial charge >= 0.3 is 0 Å². The highest BCUT2D eigenvalue weighted by Crippen LogP contribution is 2.28. The molecule has 1 N–H and O–H groups in total. The molecule has 1 unspecified atom stereocenters. The zero-order valence-corrected chi connectivity index (χ0v) is 15.9. The molecule has 6 heteroatoms. The number of para-hydroxylation sites is 1. The highest BCUT2D eigenvalue weighted by atomic mass is 16.5. The van der Waals surface area contributed by atoms with Gasteiger partial charge in [-0.15, -0.1) is 0 Å². The van der Waals surface area contributed by atoms with Gasteiger partial charge in [0.05, 0.1) is 24.3 Å². The SMILES string of the molecule is COc1ccccc1CNC(=O)c1cccc2c1C(=O)N(CC1CCCO1)C2. The van der Waals surface area contributed by atoms with Gasteiger partial charge < -0.3 is 19.7 Å². The second-order valence-electron chi connectivity index (χ2n) is 7.15. The van der Waals surface area contributed by atoms with Crippen molar-refractivity contribution in [2.24, 2.45) is 0 Å². The number of carbonyl (C=O) groups excluding carboxylic acids is 2. The van der Waals surface area contributed by atoms with Crippen molar-refractivity contribution in [3.63, 3.8) is 0 Å². The van der Waals surface area contributed by atoms with Crippen molar-refractivity contribution in [2.75, 3.05) is 20.3 Å². The fourth-order valence-electron chi connectivity index (χ4n) is 3.91. The van der Waals surface area contributed by atoms with E-state index in [4.69, 9.17) is 9.47 Å². The molecular formula is C22H24N2O4. The molecular weight excluding hydrogens is 356 g/mol. The number of amides is 2. The minimum atomic E-state index is -0.255. The molecule has 0 saturated carbocycles. The fourth-order valence-corrected chi connectivity index (χ4v) is 3.91. The maximum Gasteiger partial charge on any atom is 0.255 e. The molecule has 2 heterocycles. The van der Waals surface area contributed by atoms with Gasteiger partial charge in [-0.3, -0.25) is 9.59 Å². The van der Waals surface area contributed by atoms with E-state index in [0.29, 0.717) is 30.8 Å². The molecule has 2 aliphatic rings. The van der Waals surface area contributed by atoms with Gasteiger partial charge in [-0.05, 0) is 30.5 Å². The van der Waals surface area contributed by atoms with Crippen LogP contribution in [-0.4, -0.2) is 43.1 Å². The molecule has 0 spiro atoms. The molecule has 0 aromatic heterocycles. The highest BCUT2D eigenvalue weighted by Gasteiger charge is 2.33. The van der Waals surface area contributed by atoms with Crippen LogP contribution in [0.3, 0.4) is 0 Å². The van der Waals surface area contributed by atoms with Crippen LogP contribution in [0.4, 0.5) is 0 Å². The van der Waals surface area contributed by atoms with Crippen molar-refractivity contribution < 1.29 is 19.1 Å². The summed E-state index contributed by atoms with van der Waals surface area (Å²) in [6.07, 6.45) is 2.11. The second kappa shape index (κ2) is 8.02. The minimum absolute atomic E-state index is 0.0893. The Morgan fingerprint density at radius 3 is 2.89 bits per heavy atom. The summed E-state index contributed by atoms with van der Waals surface area (Å²) in [6, 6.07) is 13.0. The van der Waals surface area contributed by atoms with E-state index >= 15 is 0 Å². The van der Waals surface area contributed by atoms with Gasteiger partial charge in [0, 0.05) is 31.8 Å². The van der Waals surface area contributed by atoms with Gasteiger partial charge in [0.2, 0.25) is 0 Å². The maximum atomic E-state index is 13.0. The highest BCUT2D eigenvalue weighted by molar-refractivity contribution is 6.09. The van der Waals surface area contributed by atoms with Crippen LogP contribution < -0.4 is 10.1 Å². The average molecular weight is 380 g/mol. The largest absolute Gasteiger partial charge is 0.496 e. The molecule has 4 rings (SSSR count). The number of methoxy groups -OCH3 is 1.